The van der Waals surface area contributed by atoms with E-state index >= 15 is 0 Å². The zero-order valence-electron chi connectivity index (χ0n) is 18.2. The smallest absolute Gasteiger partial charge is 0.408 e. The number of esters is 1. The zero-order chi connectivity index (χ0) is 23.5. The Morgan fingerprint density at radius 2 is 1.58 bits per heavy atom. The van der Waals surface area contributed by atoms with Gasteiger partial charge in [-0.25, -0.2) is 14.6 Å². The number of hydrogen-bond acceptors (Lipinski definition) is 6. The molecule has 2 atom stereocenters. The Balaban J connectivity index is 1.67. The third kappa shape index (κ3) is 7.49. The lowest BCUT2D eigenvalue weighted by atomic mass is 10.0. The number of carbonyl (C=O) groups excluding carboxylic acids is 3. The average Bonchev–Trinajstić information content (AvgIpc) is 3.36. The number of nitrogens with zero attached hydrogens (tertiary/aromatic N) is 1. The second-order valence-corrected chi connectivity index (χ2v) is 7.31. The van der Waals surface area contributed by atoms with E-state index in [4.69, 9.17) is 9.47 Å². The quantitative estimate of drug-likeness (QED) is 0.407. The predicted octanol–water partition coefficient (Wildman–Crippen LogP) is 2.15. The second-order valence-electron chi connectivity index (χ2n) is 7.31. The summed E-state index contributed by atoms with van der Waals surface area (Å²) in [6.45, 7) is 0.0594. The third-order valence-electron chi connectivity index (χ3n) is 4.89. The SMILES string of the molecule is COC(=O)[C@H](Cc1ccccc1)NC(=O)[C@@H](Cc1cnc[nH]1)NC(=O)OCc1ccccc1. The molecule has 2 aromatic carbocycles. The molecule has 0 unspecified atom stereocenters. The number of amides is 2. The molecule has 0 spiro atoms. The number of methoxy groups -OCH3 is 1. The molecule has 0 saturated carbocycles. The van der Waals surface area contributed by atoms with Gasteiger partial charge >= 0.3 is 12.1 Å². The molecule has 1 aromatic heterocycles. The largest absolute Gasteiger partial charge is 0.467 e. The van der Waals surface area contributed by atoms with Crippen molar-refractivity contribution in [2.24, 2.45) is 0 Å². The molecule has 3 N–H and O–H groups in total. The first-order valence-electron chi connectivity index (χ1n) is 10.4. The molecule has 0 radical (unpaired) electrons. The van der Waals surface area contributed by atoms with Gasteiger partial charge in [-0.05, 0) is 11.1 Å². The number of aromatic amines is 1. The van der Waals surface area contributed by atoms with Gasteiger partial charge in [0.25, 0.3) is 0 Å². The van der Waals surface area contributed by atoms with Crippen molar-refractivity contribution in [2.45, 2.75) is 31.5 Å². The Morgan fingerprint density at radius 1 is 0.909 bits per heavy atom. The van der Waals surface area contributed by atoms with Crippen LogP contribution >= 0.6 is 0 Å². The summed E-state index contributed by atoms with van der Waals surface area (Å²) in [5.41, 5.74) is 2.31. The van der Waals surface area contributed by atoms with Crippen LogP contribution in [0, 0.1) is 0 Å². The first-order valence-corrected chi connectivity index (χ1v) is 10.4. The second kappa shape index (κ2) is 12.0. The zero-order valence-corrected chi connectivity index (χ0v) is 18.2. The van der Waals surface area contributed by atoms with Crippen LogP contribution in [-0.2, 0) is 38.5 Å². The molecule has 0 bridgehead atoms. The Morgan fingerprint density at radius 3 is 2.18 bits per heavy atom. The molecule has 9 nitrogen and oxygen atoms in total. The molecule has 2 amide bonds. The average molecular weight is 450 g/mol. The summed E-state index contributed by atoms with van der Waals surface area (Å²) in [5, 5.41) is 5.27. The Bertz CT molecular complexity index is 1030. The minimum atomic E-state index is -1.00. The van der Waals surface area contributed by atoms with E-state index in [0.717, 1.165) is 11.1 Å². The van der Waals surface area contributed by atoms with Crippen LogP contribution in [0.4, 0.5) is 4.79 Å². The van der Waals surface area contributed by atoms with Crippen molar-refractivity contribution in [1.82, 2.24) is 20.6 Å². The van der Waals surface area contributed by atoms with Crippen LogP contribution in [0.25, 0.3) is 0 Å². The van der Waals surface area contributed by atoms with E-state index in [1.54, 1.807) is 6.20 Å². The molecule has 0 saturated heterocycles. The summed E-state index contributed by atoms with van der Waals surface area (Å²) >= 11 is 0. The predicted molar refractivity (Wildman–Crippen MR) is 120 cm³/mol. The Labute approximate surface area is 191 Å². The highest BCUT2D eigenvalue weighted by molar-refractivity contribution is 5.90. The highest BCUT2D eigenvalue weighted by Crippen LogP contribution is 2.07. The highest BCUT2D eigenvalue weighted by Gasteiger charge is 2.28. The molecule has 172 valence electrons. The molecule has 1 heterocycles. The summed E-state index contributed by atoms with van der Waals surface area (Å²) in [7, 11) is 1.26. The number of rotatable bonds is 10. The molecular formula is C24H26N4O5. The summed E-state index contributed by atoms with van der Waals surface area (Å²) in [6, 6.07) is 16.5. The maximum absolute atomic E-state index is 13.1. The van der Waals surface area contributed by atoms with Crippen LogP contribution in [0.5, 0.6) is 0 Å². The number of imidazole rings is 1. The molecular weight excluding hydrogens is 424 g/mol. The first kappa shape index (κ1) is 23.5. The van der Waals surface area contributed by atoms with Gasteiger partial charge < -0.3 is 25.1 Å². The van der Waals surface area contributed by atoms with Gasteiger partial charge in [0.05, 0.1) is 13.4 Å². The van der Waals surface area contributed by atoms with Crippen LogP contribution < -0.4 is 10.6 Å². The number of nitrogens with one attached hydrogen (secondary N) is 3. The monoisotopic (exact) mass is 450 g/mol. The molecule has 9 heteroatoms. The van der Waals surface area contributed by atoms with Crippen molar-refractivity contribution in [3.05, 3.63) is 90.0 Å². The summed E-state index contributed by atoms with van der Waals surface area (Å²) in [6.07, 6.45) is 2.65. The third-order valence-corrected chi connectivity index (χ3v) is 4.89. The fourth-order valence-electron chi connectivity index (χ4n) is 3.19. The number of H-pyrrole nitrogens is 1. The van der Waals surface area contributed by atoms with Crippen molar-refractivity contribution >= 4 is 18.0 Å². The van der Waals surface area contributed by atoms with Crippen molar-refractivity contribution in [3.8, 4) is 0 Å². The number of ether oxygens (including phenoxy) is 2. The molecule has 0 fully saturated rings. The van der Waals surface area contributed by atoms with Gasteiger partial charge in [-0.3, -0.25) is 4.79 Å². The molecule has 0 aliphatic rings. The van der Waals surface area contributed by atoms with Crippen molar-refractivity contribution in [2.75, 3.05) is 7.11 Å². The number of benzene rings is 2. The van der Waals surface area contributed by atoms with Gasteiger partial charge in [0.15, 0.2) is 0 Å². The number of hydrogen-bond donors (Lipinski definition) is 3. The molecule has 33 heavy (non-hydrogen) atoms. The lowest BCUT2D eigenvalue weighted by Crippen LogP contribution is -2.53. The van der Waals surface area contributed by atoms with Crippen LogP contribution in [0.3, 0.4) is 0 Å². The standard InChI is InChI=1S/C24H26N4O5/c1-32-23(30)21(12-17-8-4-2-5-9-17)27-22(29)20(13-19-14-25-16-26-19)28-24(31)33-15-18-10-6-3-7-11-18/h2-11,14,16,20-21H,12-13,15H2,1H3,(H,25,26)(H,27,29)(H,28,31)/t20-,21+/m1/s1. The van der Waals surface area contributed by atoms with Crippen LogP contribution in [0.2, 0.25) is 0 Å². The van der Waals surface area contributed by atoms with E-state index in [-0.39, 0.29) is 19.4 Å². The Kier molecular flexibility index (Phi) is 8.58. The van der Waals surface area contributed by atoms with Gasteiger partial charge in [-0.1, -0.05) is 60.7 Å². The van der Waals surface area contributed by atoms with Crippen molar-refractivity contribution in [3.63, 3.8) is 0 Å². The fraction of sp³-hybridized carbons (Fsp3) is 0.250. The summed E-state index contributed by atoms with van der Waals surface area (Å²) in [5.74, 6) is -1.13. The van der Waals surface area contributed by atoms with Gasteiger partial charge in [0.1, 0.15) is 18.7 Å². The molecule has 0 aliphatic heterocycles. The number of carbonyl (C=O) groups is 3. The van der Waals surface area contributed by atoms with Gasteiger partial charge in [0, 0.05) is 24.7 Å². The fourth-order valence-corrected chi connectivity index (χ4v) is 3.19. The maximum atomic E-state index is 13.1. The van der Waals surface area contributed by atoms with E-state index in [2.05, 4.69) is 20.6 Å². The summed E-state index contributed by atoms with van der Waals surface area (Å²) in [4.78, 5) is 44.6. The lowest BCUT2D eigenvalue weighted by Gasteiger charge is -2.22. The van der Waals surface area contributed by atoms with E-state index in [1.807, 2.05) is 60.7 Å². The molecule has 3 rings (SSSR count). The van der Waals surface area contributed by atoms with Crippen molar-refractivity contribution < 1.29 is 23.9 Å². The van der Waals surface area contributed by atoms with E-state index in [9.17, 15) is 14.4 Å². The van der Waals surface area contributed by atoms with E-state index < -0.39 is 30.1 Å². The first-order chi connectivity index (χ1) is 16.0. The van der Waals surface area contributed by atoms with Crippen LogP contribution in [0.1, 0.15) is 16.8 Å². The van der Waals surface area contributed by atoms with Crippen LogP contribution in [0.15, 0.2) is 73.2 Å². The number of aromatic nitrogens is 2. The molecule has 3 aromatic rings. The minimum Gasteiger partial charge on any atom is -0.467 e. The van der Waals surface area contributed by atoms with E-state index in [0.29, 0.717) is 5.69 Å². The van der Waals surface area contributed by atoms with Gasteiger partial charge in [-0.2, -0.15) is 0 Å². The molecule has 0 aliphatic carbocycles. The highest BCUT2D eigenvalue weighted by atomic mass is 16.5. The van der Waals surface area contributed by atoms with E-state index in [1.165, 1.54) is 13.4 Å². The normalized spacial score (nSPS) is 12.3. The number of alkyl carbamates (subject to hydrolysis) is 1. The van der Waals surface area contributed by atoms with Crippen molar-refractivity contribution in [1.29, 1.82) is 0 Å². The van der Waals surface area contributed by atoms with Gasteiger partial charge in [0.2, 0.25) is 5.91 Å². The maximum Gasteiger partial charge on any atom is 0.408 e. The topological polar surface area (TPSA) is 122 Å². The van der Waals surface area contributed by atoms with Gasteiger partial charge in [-0.15, -0.1) is 0 Å². The lowest BCUT2D eigenvalue weighted by molar-refractivity contribution is -0.145. The summed E-state index contributed by atoms with van der Waals surface area (Å²) < 4.78 is 10.1. The Hall–Kier alpha value is -4.14. The minimum absolute atomic E-state index is 0.0594. The van der Waals surface area contributed by atoms with Crippen LogP contribution in [-0.4, -0.2) is 47.1 Å².